The third kappa shape index (κ3) is 4.99. The Labute approximate surface area is 163 Å². The zero-order valence-corrected chi connectivity index (χ0v) is 16.6. The summed E-state index contributed by atoms with van der Waals surface area (Å²) in [5.74, 6) is -0.217. The highest BCUT2D eigenvalue weighted by Crippen LogP contribution is 2.28. The number of hydrogen-bond donors (Lipinski definition) is 1. The minimum Gasteiger partial charge on any atom is -0.494 e. The number of carbonyl (C=O) groups excluding carboxylic acids is 1. The molecule has 1 saturated heterocycles. The lowest BCUT2D eigenvalue weighted by Gasteiger charge is -2.28. The van der Waals surface area contributed by atoms with E-state index >= 15 is 0 Å². The van der Waals surface area contributed by atoms with Crippen LogP contribution in [-0.2, 0) is 6.54 Å². The molecule has 0 bridgehead atoms. The van der Waals surface area contributed by atoms with Crippen molar-refractivity contribution in [1.29, 1.82) is 0 Å². The van der Waals surface area contributed by atoms with Crippen LogP contribution >= 0.6 is 11.3 Å². The minimum atomic E-state index is -0.421. The Balaban J connectivity index is 1.57. The van der Waals surface area contributed by atoms with Crippen LogP contribution in [0.1, 0.15) is 29.3 Å². The van der Waals surface area contributed by atoms with E-state index in [1.165, 1.54) is 30.9 Å². The van der Waals surface area contributed by atoms with E-state index in [4.69, 9.17) is 4.74 Å². The van der Waals surface area contributed by atoms with Crippen LogP contribution in [0.5, 0.6) is 5.75 Å². The molecule has 1 aromatic heterocycles. The topological polar surface area (TPSA) is 44.8 Å². The summed E-state index contributed by atoms with van der Waals surface area (Å²) in [4.78, 5) is 17.8. The predicted octanol–water partition coefficient (Wildman–Crippen LogP) is 3.87. The third-order valence-electron chi connectivity index (χ3n) is 4.88. The van der Waals surface area contributed by atoms with Crippen LogP contribution in [0.15, 0.2) is 35.7 Å². The first kappa shape index (κ1) is 19.6. The van der Waals surface area contributed by atoms with Gasteiger partial charge in [-0.2, -0.15) is 0 Å². The number of amides is 2. The van der Waals surface area contributed by atoms with Crippen LogP contribution in [0.4, 0.5) is 9.18 Å². The Morgan fingerprint density at radius 1 is 1.37 bits per heavy atom. The summed E-state index contributed by atoms with van der Waals surface area (Å²) in [6.07, 6.45) is 2.41. The maximum absolute atomic E-state index is 13.8. The van der Waals surface area contributed by atoms with E-state index in [1.54, 1.807) is 35.4 Å². The van der Waals surface area contributed by atoms with Crippen LogP contribution in [0, 0.1) is 5.82 Å². The third-order valence-corrected chi connectivity index (χ3v) is 5.86. The van der Waals surface area contributed by atoms with Crippen LogP contribution < -0.4 is 10.1 Å². The molecule has 1 aliphatic rings. The SMILES string of the molecule is COc1ccc(CN(C)C(=O)NCC(c2cccs2)N2CCCC2)cc1F. The van der Waals surface area contributed by atoms with Crippen molar-refractivity contribution in [3.8, 4) is 5.75 Å². The van der Waals surface area contributed by atoms with Crippen molar-refractivity contribution in [2.75, 3.05) is 33.8 Å². The largest absolute Gasteiger partial charge is 0.494 e. The van der Waals surface area contributed by atoms with Gasteiger partial charge in [-0.25, -0.2) is 9.18 Å². The van der Waals surface area contributed by atoms with Crippen LogP contribution in [0.3, 0.4) is 0 Å². The number of nitrogens with one attached hydrogen (secondary N) is 1. The second-order valence-electron chi connectivity index (χ2n) is 6.79. The first-order chi connectivity index (χ1) is 13.1. The van der Waals surface area contributed by atoms with Crippen molar-refractivity contribution >= 4 is 17.4 Å². The van der Waals surface area contributed by atoms with Gasteiger partial charge in [0.1, 0.15) is 0 Å². The average Bonchev–Trinajstić information content (AvgIpc) is 3.36. The normalized spacial score (nSPS) is 15.5. The van der Waals surface area contributed by atoms with Gasteiger partial charge in [-0.15, -0.1) is 11.3 Å². The number of methoxy groups -OCH3 is 1. The number of rotatable bonds is 7. The second kappa shape index (κ2) is 9.19. The molecule has 146 valence electrons. The summed E-state index contributed by atoms with van der Waals surface area (Å²) >= 11 is 1.73. The molecule has 0 aliphatic carbocycles. The molecule has 1 aromatic carbocycles. The molecular weight excluding hydrogens is 365 g/mol. The van der Waals surface area contributed by atoms with Gasteiger partial charge in [0.25, 0.3) is 0 Å². The second-order valence-corrected chi connectivity index (χ2v) is 7.76. The number of hydrogen-bond acceptors (Lipinski definition) is 4. The van der Waals surface area contributed by atoms with Gasteiger partial charge < -0.3 is 15.0 Å². The maximum Gasteiger partial charge on any atom is 0.317 e. The number of thiophene rings is 1. The summed E-state index contributed by atoms with van der Waals surface area (Å²) in [7, 11) is 3.15. The van der Waals surface area contributed by atoms with Gasteiger partial charge in [0.15, 0.2) is 11.6 Å². The zero-order valence-electron chi connectivity index (χ0n) is 15.8. The molecule has 0 saturated carbocycles. The first-order valence-corrected chi connectivity index (χ1v) is 10.1. The van der Waals surface area contributed by atoms with Gasteiger partial charge in [0.05, 0.1) is 13.2 Å². The molecule has 0 spiro atoms. The summed E-state index contributed by atoms with van der Waals surface area (Å²) in [5.41, 5.74) is 0.722. The zero-order chi connectivity index (χ0) is 19.2. The Morgan fingerprint density at radius 2 is 2.15 bits per heavy atom. The minimum absolute atomic E-state index is 0.160. The highest BCUT2D eigenvalue weighted by Gasteiger charge is 2.25. The highest BCUT2D eigenvalue weighted by molar-refractivity contribution is 7.10. The van der Waals surface area contributed by atoms with Crippen LogP contribution in [0.2, 0.25) is 0 Å². The van der Waals surface area contributed by atoms with Gasteiger partial charge in [-0.05, 0) is 55.1 Å². The predicted molar refractivity (Wildman–Crippen MR) is 106 cm³/mol. The van der Waals surface area contributed by atoms with Crippen molar-refractivity contribution in [3.05, 3.63) is 52.0 Å². The van der Waals surface area contributed by atoms with Crippen molar-refractivity contribution in [2.24, 2.45) is 0 Å². The molecule has 1 N–H and O–H groups in total. The summed E-state index contributed by atoms with van der Waals surface area (Å²) in [6, 6.07) is 8.98. The number of carbonyl (C=O) groups is 1. The number of likely N-dealkylation sites (tertiary alicyclic amines) is 1. The number of nitrogens with zero attached hydrogens (tertiary/aromatic N) is 2. The molecule has 2 heterocycles. The fourth-order valence-corrected chi connectivity index (χ4v) is 4.28. The Hall–Kier alpha value is -2.12. The van der Waals surface area contributed by atoms with Crippen LogP contribution in [0.25, 0.3) is 0 Å². The van der Waals surface area contributed by atoms with E-state index in [0.29, 0.717) is 13.1 Å². The van der Waals surface area contributed by atoms with Gasteiger partial charge in [-0.3, -0.25) is 4.90 Å². The summed E-state index contributed by atoms with van der Waals surface area (Å²) in [6.45, 7) is 3.04. The first-order valence-electron chi connectivity index (χ1n) is 9.17. The molecule has 1 atom stereocenters. The fraction of sp³-hybridized carbons (Fsp3) is 0.450. The average molecular weight is 392 g/mol. The van der Waals surface area contributed by atoms with Gasteiger partial charge >= 0.3 is 6.03 Å². The van der Waals surface area contributed by atoms with E-state index in [1.807, 2.05) is 0 Å². The molecule has 1 aliphatic heterocycles. The maximum atomic E-state index is 13.8. The Morgan fingerprint density at radius 3 is 2.78 bits per heavy atom. The standard InChI is InChI=1S/C20H26FN3O2S/c1-23(14-15-7-8-18(26-2)16(21)12-15)20(25)22-13-17(19-6-5-11-27-19)24-9-3-4-10-24/h5-8,11-12,17H,3-4,9-10,13-14H2,1-2H3,(H,22,25). The lowest BCUT2D eigenvalue weighted by molar-refractivity contribution is 0.196. The number of benzene rings is 1. The molecule has 27 heavy (non-hydrogen) atoms. The summed E-state index contributed by atoms with van der Waals surface area (Å²) in [5, 5.41) is 5.11. The van der Waals surface area contributed by atoms with Crippen LogP contribution in [-0.4, -0.2) is 49.6 Å². The van der Waals surface area contributed by atoms with E-state index in [9.17, 15) is 9.18 Å². The smallest absolute Gasteiger partial charge is 0.317 e. The number of urea groups is 1. The molecule has 5 nitrogen and oxygen atoms in total. The van der Waals surface area contributed by atoms with Gasteiger partial charge in [0, 0.05) is 25.0 Å². The van der Waals surface area contributed by atoms with E-state index in [0.717, 1.165) is 18.7 Å². The fourth-order valence-electron chi connectivity index (χ4n) is 3.42. The quantitative estimate of drug-likeness (QED) is 0.779. The number of ether oxygens (including phenoxy) is 1. The molecule has 0 radical (unpaired) electrons. The van der Waals surface area contributed by atoms with E-state index < -0.39 is 5.82 Å². The Kier molecular flexibility index (Phi) is 6.68. The monoisotopic (exact) mass is 391 g/mol. The highest BCUT2D eigenvalue weighted by atomic mass is 32.1. The van der Waals surface area contributed by atoms with Gasteiger partial charge in [0.2, 0.25) is 0 Å². The molecular formula is C20H26FN3O2S. The molecule has 7 heteroatoms. The summed E-state index contributed by atoms with van der Waals surface area (Å²) < 4.78 is 18.8. The van der Waals surface area contributed by atoms with Crippen molar-refractivity contribution in [1.82, 2.24) is 15.1 Å². The lowest BCUT2D eigenvalue weighted by Crippen LogP contribution is -2.42. The van der Waals surface area contributed by atoms with E-state index in [2.05, 4.69) is 27.7 Å². The lowest BCUT2D eigenvalue weighted by atomic mass is 10.2. The van der Waals surface area contributed by atoms with Crippen molar-refractivity contribution < 1.29 is 13.9 Å². The van der Waals surface area contributed by atoms with Gasteiger partial charge in [-0.1, -0.05) is 12.1 Å². The molecule has 1 unspecified atom stereocenters. The van der Waals surface area contributed by atoms with E-state index in [-0.39, 0.29) is 17.8 Å². The Bertz CT molecular complexity index is 748. The molecule has 2 aromatic rings. The molecule has 2 amide bonds. The van der Waals surface area contributed by atoms with Crippen molar-refractivity contribution in [3.63, 3.8) is 0 Å². The van der Waals surface area contributed by atoms with Crippen molar-refractivity contribution in [2.45, 2.75) is 25.4 Å². The molecule has 1 fully saturated rings. The molecule has 3 rings (SSSR count). The number of halogens is 1.